The van der Waals surface area contributed by atoms with Crippen LogP contribution < -0.4 is 10.2 Å². The minimum Gasteiger partial charge on any atom is -0.372 e. The van der Waals surface area contributed by atoms with Crippen molar-refractivity contribution in [1.82, 2.24) is 25.2 Å². The number of anilines is 1. The number of fused-ring (bicyclic) bond motifs is 5. The molecule has 0 saturated carbocycles. The third-order valence-corrected chi connectivity index (χ3v) is 6.98. The van der Waals surface area contributed by atoms with Gasteiger partial charge in [-0.3, -0.25) is 19.7 Å². The maximum absolute atomic E-state index is 16.0. The van der Waals surface area contributed by atoms with Crippen molar-refractivity contribution in [1.29, 1.82) is 0 Å². The Hall–Kier alpha value is -3.67. The van der Waals surface area contributed by atoms with Crippen molar-refractivity contribution in [2.45, 2.75) is 51.9 Å². The smallest absolute Gasteiger partial charge is 0.242 e. The number of morpholine rings is 1. The minimum absolute atomic E-state index is 0.0574. The van der Waals surface area contributed by atoms with Crippen molar-refractivity contribution in [2.24, 2.45) is 5.41 Å². The summed E-state index contributed by atoms with van der Waals surface area (Å²) >= 11 is 0. The number of carbonyl (C=O) groups is 3. The number of amides is 2. The Bertz CT molecular complexity index is 1380. The Morgan fingerprint density at radius 3 is 2.76 bits per heavy atom. The van der Waals surface area contributed by atoms with Gasteiger partial charge in [0.25, 0.3) is 0 Å². The molecule has 3 aromatic rings. The van der Waals surface area contributed by atoms with Gasteiger partial charge < -0.3 is 14.2 Å². The van der Waals surface area contributed by atoms with E-state index in [1.807, 2.05) is 6.92 Å². The van der Waals surface area contributed by atoms with Gasteiger partial charge in [0.1, 0.15) is 17.6 Å². The van der Waals surface area contributed by atoms with Crippen LogP contribution >= 0.6 is 0 Å². The number of hydrogen-bond donors (Lipinski definition) is 1. The molecule has 0 aliphatic carbocycles. The molecule has 0 radical (unpaired) electrons. The first-order valence-electron chi connectivity index (χ1n) is 11.0. The number of carbonyl (C=O) groups excluding carboxylic acids is 3. The number of piperidine rings is 1. The van der Waals surface area contributed by atoms with E-state index in [4.69, 9.17) is 9.26 Å². The normalized spacial score (nSPS) is 28.9. The van der Waals surface area contributed by atoms with Crippen molar-refractivity contribution in [3.63, 3.8) is 0 Å². The molecule has 0 bridgehead atoms. The summed E-state index contributed by atoms with van der Waals surface area (Å²) in [6.45, 7) is 5.56. The number of nitrogens with one attached hydrogen (secondary N) is 1. The summed E-state index contributed by atoms with van der Waals surface area (Å²) in [7, 11) is 0. The minimum atomic E-state index is -1.60. The van der Waals surface area contributed by atoms with Gasteiger partial charge in [0.2, 0.25) is 23.2 Å². The van der Waals surface area contributed by atoms with E-state index >= 15 is 4.39 Å². The fourth-order valence-electron chi connectivity index (χ4n) is 5.75. The molecule has 176 valence electrons. The van der Waals surface area contributed by atoms with E-state index in [0.717, 1.165) is 0 Å². The van der Waals surface area contributed by atoms with Crippen molar-refractivity contribution < 1.29 is 28.0 Å². The number of ketones is 1. The molecule has 12 heteroatoms. The third-order valence-electron chi connectivity index (χ3n) is 6.98. The predicted octanol–water partition coefficient (Wildman–Crippen LogP) is 0.996. The number of benzene rings is 1. The number of halogens is 1. The molecular formula is C22H21FN6O5. The second kappa shape index (κ2) is 6.92. The lowest BCUT2D eigenvalue weighted by atomic mass is 9.63. The van der Waals surface area contributed by atoms with E-state index in [9.17, 15) is 14.4 Å². The van der Waals surface area contributed by atoms with Gasteiger partial charge in [-0.1, -0.05) is 5.16 Å². The first-order valence-corrected chi connectivity index (χ1v) is 11.0. The number of ether oxygens (including phenoxy) is 1. The average Bonchev–Trinajstić information content (AvgIpc) is 3.37. The number of nitrogens with zero attached hydrogens (tertiary/aromatic N) is 5. The van der Waals surface area contributed by atoms with E-state index in [2.05, 4.69) is 20.6 Å². The summed E-state index contributed by atoms with van der Waals surface area (Å²) in [5.41, 5.74) is -0.957. The van der Waals surface area contributed by atoms with E-state index in [1.54, 1.807) is 24.8 Å². The SMILES string of the molecule is Cc1ncn(-c2noc3c(F)c4c(cc23)CC2(C(=O)CC(=O)NC2=O)[C@H]2[C@H](C)O[C@H](C)CN42)n1. The Morgan fingerprint density at radius 2 is 2.06 bits per heavy atom. The molecule has 3 aliphatic rings. The molecule has 34 heavy (non-hydrogen) atoms. The van der Waals surface area contributed by atoms with Gasteiger partial charge in [-0.05, 0) is 38.8 Å². The van der Waals surface area contributed by atoms with Crippen LogP contribution in [0.2, 0.25) is 0 Å². The van der Waals surface area contributed by atoms with Gasteiger partial charge in [-0.15, -0.1) is 0 Å². The summed E-state index contributed by atoms with van der Waals surface area (Å²) < 4.78 is 28.8. The number of aromatic nitrogens is 4. The number of imide groups is 1. The maximum Gasteiger partial charge on any atom is 0.242 e. The van der Waals surface area contributed by atoms with Crippen molar-refractivity contribution in [2.75, 3.05) is 11.4 Å². The fraction of sp³-hybridized carbons (Fsp3) is 0.455. The van der Waals surface area contributed by atoms with Crippen LogP contribution in [0.25, 0.3) is 16.8 Å². The summed E-state index contributed by atoms with van der Waals surface area (Å²) in [5, 5.41) is 10.9. The van der Waals surface area contributed by atoms with E-state index < -0.39 is 47.4 Å². The first kappa shape index (κ1) is 20.9. The van der Waals surface area contributed by atoms with Crippen molar-refractivity contribution >= 4 is 34.3 Å². The molecule has 1 N–H and O–H groups in total. The van der Waals surface area contributed by atoms with E-state index in [1.165, 1.54) is 11.0 Å². The zero-order chi connectivity index (χ0) is 23.9. The quantitative estimate of drug-likeness (QED) is 0.410. The highest BCUT2D eigenvalue weighted by atomic mass is 19.1. The number of hydrogen-bond acceptors (Lipinski definition) is 9. The van der Waals surface area contributed by atoms with Crippen LogP contribution in [0.15, 0.2) is 16.9 Å². The lowest BCUT2D eigenvalue weighted by Gasteiger charge is -2.55. The zero-order valence-corrected chi connectivity index (χ0v) is 18.7. The fourth-order valence-corrected chi connectivity index (χ4v) is 5.75. The standard InChI is InChI=1S/C22H21FN6O5/c1-9-7-28-17-12(4-13-18(16(17)23)34-27-20(13)29-8-24-11(3)26-29)6-22(19(28)10(2)33-9)14(30)5-15(31)25-21(22)32/h4,8-10,19H,5-7H2,1-3H3,(H,25,31,32)/t9-,10+,19-,22?/m1/s1. The summed E-state index contributed by atoms with van der Waals surface area (Å²) in [6.07, 6.45) is 0.0813. The van der Waals surface area contributed by atoms with Crippen molar-refractivity contribution in [3.8, 4) is 5.82 Å². The molecule has 4 atom stereocenters. The molecule has 5 heterocycles. The van der Waals surface area contributed by atoms with Gasteiger partial charge in [0.15, 0.2) is 11.6 Å². The predicted molar refractivity (Wildman–Crippen MR) is 114 cm³/mol. The van der Waals surface area contributed by atoms with Gasteiger partial charge in [-0.25, -0.2) is 9.37 Å². The summed E-state index contributed by atoms with van der Waals surface area (Å²) in [5.74, 6) is -1.71. The highest BCUT2D eigenvalue weighted by Gasteiger charge is 2.62. The second-order valence-corrected chi connectivity index (χ2v) is 9.19. The third kappa shape index (κ3) is 2.65. The lowest BCUT2D eigenvalue weighted by molar-refractivity contribution is -0.158. The van der Waals surface area contributed by atoms with Crippen LogP contribution in [0.1, 0.15) is 31.7 Å². The largest absolute Gasteiger partial charge is 0.372 e. The van der Waals surface area contributed by atoms with Crippen LogP contribution in [0.4, 0.5) is 10.1 Å². The Morgan fingerprint density at radius 1 is 1.26 bits per heavy atom. The highest BCUT2D eigenvalue weighted by Crippen LogP contribution is 2.50. The molecule has 3 aliphatic heterocycles. The second-order valence-electron chi connectivity index (χ2n) is 9.19. The molecule has 2 aromatic heterocycles. The van der Waals surface area contributed by atoms with E-state index in [0.29, 0.717) is 16.8 Å². The molecular weight excluding hydrogens is 447 g/mol. The zero-order valence-electron chi connectivity index (χ0n) is 18.7. The molecule has 1 unspecified atom stereocenters. The van der Waals surface area contributed by atoms with Crippen LogP contribution in [0.3, 0.4) is 0 Å². The Labute approximate surface area is 192 Å². The summed E-state index contributed by atoms with van der Waals surface area (Å²) in [4.78, 5) is 44.4. The average molecular weight is 468 g/mol. The Balaban J connectivity index is 1.60. The highest BCUT2D eigenvalue weighted by molar-refractivity contribution is 6.22. The van der Waals surface area contributed by atoms with Gasteiger partial charge in [0, 0.05) is 6.54 Å². The van der Waals surface area contributed by atoms with Crippen LogP contribution in [-0.2, 0) is 25.5 Å². The molecule has 1 aromatic carbocycles. The number of Topliss-reactive ketones (excluding diaryl/α,β-unsaturated/α-hetero) is 1. The molecule has 1 spiro atoms. The molecule has 2 amide bonds. The van der Waals surface area contributed by atoms with Gasteiger partial charge in [-0.2, -0.15) is 9.78 Å². The van der Waals surface area contributed by atoms with Crippen molar-refractivity contribution in [3.05, 3.63) is 29.6 Å². The maximum atomic E-state index is 16.0. The van der Waals surface area contributed by atoms with Gasteiger partial charge in [0.05, 0.1) is 35.7 Å². The Kier molecular flexibility index (Phi) is 4.25. The van der Waals surface area contributed by atoms with Crippen LogP contribution in [0, 0.1) is 18.2 Å². The topological polar surface area (TPSA) is 132 Å². The first-order chi connectivity index (χ1) is 16.2. The number of rotatable bonds is 1. The molecule has 11 nitrogen and oxygen atoms in total. The lowest BCUT2D eigenvalue weighted by Crippen LogP contribution is -2.72. The monoisotopic (exact) mass is 468 g/mol. The molecule has 2 fully saturated rings. The molecule has 6 rings (SSSR count). The van der Waals surface area contributed by atoms with E-state index in [-0.39, 0.29) is 36.2 Å². The number of aryl methyl sites for hydroxylation is 1. The van der Waals surface area contributed by atoms with Gasteiger partial charge >= 0.3 is 0 Å². The van der Waals surface area contributed by atoms with Crippen LogP contribution in [-0.4, -0.2) is 62.3 Å². The molecule has 2 saturated heterocycles. The summed E-state index contributed by atoms with van der Waals surface area (Å²) in [6, 6.07) is 0.889. The van der Waals surface area contributed by atoms with Crippen LogP contribution in [0.5, 0.6) is 0 Å².